The van der Waals surface area contributed by atoms with Crippen LogP contribution >= 0.6 is 0 Å². The number of rotatable bonds is 2. The Morgan fingerprint density at radius 3 is 1.55 bits per heavy atom. The van der Waals surface area contributed by atoms with Gasteiger partial charge in [-0.2, -0.15) is 35.1 Å². The standard InChI is InChI=1S/C13H11F8N/c14-10(15)7-22(6-9-4-2-1-3-5-9)8-11(16,17)13(20,21)12(10,18)19/h1-5H,6-8H2. The fraction of sp³-hybridized carbons (Fsp3) is 0.538. The first-order valence-electron chi connectivity index (χ1n) is 6.18. The van der Waals surface area contributed by atoms with Crippen molar-refractivity contribution in [3.8, 4) is 0 Å². The van der Waals surface area contributed by atoms with Gasteiger partial charge in [0.15, 0.2) is 0 Å². The van der Waals surface area contributed by atoms with E-state index >= 15 is 0 Å². The molecular formula is C13H11F8N. The van der Waals surface area contributed by atoms with Crippen LogP contribution in [0.25, 0.3) is 0 Å². The van der Waals surface area contributed by atoms with E-state index in [0.717, 1.165) is 0 Å². The summed E-state index contributed by atoms with van der Waals surface area (Å²) in [4.78, 5) is 0.212. The Kier molecular flexibility index (Phi) is 3.92. The maximum absolute atomic E-state index is 13.4. The van der Waals surface area contributed by atoms with Crippen molar-refractivity contribution < 1.29 is 35.1 Å². The maximum atomic E-state index is 13.4. The molecule has 0 radical (unpaired) electrons. The second-order valence-corrected chi connectivity index (χ2v) is 5.19. The van der Waals surface area contributed by atoms with Crippen molar-refractivity contribution in [2.45, 2.75) is 30.2 Å². The summed E-state index contributed by atoms with van der Waals surface area (Å²) >= 11 is 0. The zero-order chi connectivity index (χ0) is 16.8. The van der Waals surface area contributed by atoms with Crippen LogP contribution in [0.5, 0.6) is 0 Å². The number of hydrogen-bond acceptors (Lipinski definition) is 1. The van der Waals surface area contributed by atoms with Gasteiger partial charge in [-0.3, -0.25) is 4.90 Å². The molecule has 1 aliphatic rings. The van der Waals surface area contributed by atoms with Crippen molar-refractivity contribution in [3.05, 3.63) is 35.9 Å². The average molecular weight is 333 g/mol. The molecule has 0 aromatic heterocycles. The van der Waals surface area contributed by atoms with Gasteiger partial charge in [-0.25, -0.2) is 0 Å². The van der Waals surface area contributed by atoms with Gasteiger partial charge in [0.2, 0.25) is 0 Å². The molecule has 1 aromatic rings. The number of alkyl halides is 8. The number of nitrogens with zero attached hydrogens (tertiary/aromatic N) is 1. The predicted octanol–water partition coefficient (Wildman–Crippen LogP) is 4.04. The van der Waals surface area contributed by atoms with Crippen molar-refractivity contribution in [3.63, 3.8) is 0 Å². The van der Waals surface area contributed by atoms with Crippen molar-refractivity contribution >= 4 is 0 Å². The van der Waals surface area contributed by atoms with Crippen molar-refractivity contribution in [1.82, 2.24) is 4.90 Å². The minimum Gasteiger partial charge on any atom is -0.287 e. The van der Waals surface area contributed by atoms with E-state index in [9.17, 15) is 35.1 Å². The van der Waals surface area contributed by atoms with Gasteiger partial charge < -0.3 is 0 Å². The molecule has 2 rings (SSSR count). The molecule has 0 atom stereocenters. The van der Waals surface area contributed by atoms with Gasteiger partial charge in [0, 0.05) is 6.54 Å². The number of hydrogen-bond donors (Lipinski definition) is 0. The molecule has 0 amide bonds. The largest absolute Gasteiger partial charge is 0.379 e. The van der Waals surface area contributed by atoms with Crippen molar-refractivity contribution in [1.29, 1.82) is 0 Å². The van der Waals surface area contributed by atoms with Gasteiger partial charge in [0.05, 0.1) is 13.1 Å². The Hall–Kier alpha value is -1.38. The van der Waals surface area contributed by atoms with Crippen LogP contribution in [0.3, 0.4) is 0 Å². The molecule has 0 spiro atoms. The Bertz CT molecular complexity index is 500. The second kappa shape index (κ2) is 5.07. The number of likely N-dealkylation sites (tertiary alicyclic amines) is 1. The van der Waals surface area contributed by atoms with E-state index < -0.39 is 43.3 Å². The average Bonchev–Trinajstić information content (AvgIpc) is 2.40. The molecule has 1 nitrogen and oxygen atoms in total. The number of benzene rings is 1. The Balaban J connectivity index is 2.37. The molecule has 124 valence electrons. The highest BCUT2D eigenvalue weighted by Crippen LogP contribution is 2.54. The van der Waals surface area contributed by atoms with Crippen molar-refractivity contribution in [2.24, 2.45) is 0 Å². The summed E-state index contributed by atoms with van der Waals surface area (Å²) in [6, 6.07) is 7.30. The highest BCUT2D eigenvalue weighted by Gasteiger charge is 2.82. The predicted molar refractivity (Wildman–Crippen MR) is 61.5 cm³/mol. The fourth-order valence-corrected chi connectivity index (χ4v) is 2.23. The van der Waals surface area contributed by atoms with Crippen LogP contribution in [0.1, 0.15) is 5.56 Å². The van der Waals surface area contributed by atoms with Crippen LogP contribution in [0.4, 0.5) is 35.1 Å². The molecule has 0 aliphatic carbocycles. The lowest BCUT2D eigenvalue weighted by Crippen LogP contribution is -2.61. The van der Waals surface area contributed by atoms with E-state index in [4.69, 9.17) is 0 Å². The van der Waals surface area contributed by atoms with E-state index in [1.807, 2.05) is 0 Å². The summed E-state index contributed by atoms with van der Waals surface area (Å²) in [5.74, 6) is -22.9. The summed E-state index contributed by atoms with van der Waals surface area (Å²) in [5.41, 5.74) is 0.266. The molecular weight excluding hydrogens is 322 g/mol. The normalized spacial score (nSPS) is 26.4. The first kappa shape index (κ1) is 17.0. The van der Waals surface area contributed by atoms with Gasteiger partial charge in [0.1, 0.15) is 0 Å². The van der Waals surface area contributed by atoms with Crippen molar-refractivity contribution in [2.75, 3.05) is 13.1 Å². The lowest BCUT2D eigenvalue weighted by atomic mass is 10.0. The number of halogens is 8. The van der Waals surface area contributed by atoms with Crippen LogP contribution in [0, 0.1) is 0 Å². The maximum Gasteiger partial charge on any atom is 0.379 e. The third-order valence-corrected chi connectivity index (χ3v) is 3.41. The summed E-state index contributed by atoms with van der Waals surface area (Å²) in [5, 5.41) is 0. The molecule has 0 saturated carbocycles. The van der Waals surface area contributed by atoms with E-state index in [2.05, 4.69) is 0 Å². The van der Waals surface area contributed by atoms with Crippen LogP contribution in [0.15, 0.2) is 30.3 Å². The molecule has 0 unspecified atom stereocenters. The van der Waals surface area contributed by atoms with E-state index in [-0.39, 0.29) is 10.5 Å². The van der Waals surface area contributed by atoms with E-state index in [0.29, 0.717) is 0 Å². The Labute approximate surface area is 120 Å². The van der Waals surface area contributed by atoms with Gasteiger partial charge in [-0.1, -0.05) is 30.3 Å². The summed E-state index contributed by atoms with van der Waals surface area (Å²) < 4.78 is 107. The second-order valence-electron chi connectivity index (χ2n) is 5.19. The minimum absolute atomic E-state index is 0.212. The quantitative estimate of drug-likeness (QED) is 0.738. The first-order valence-corrected chi connectivity index (χ1v) is 6.18. The molecule has 9 heteroatoms. The molecule has 1 fully saturated rings. The molecule has 1 heterocycles. The first-order chi connectivity index (χ1) is 9.91. The Morgan fingerprint density at radius 1 is 0.727 bits per heavy atom. The highest BCUT2D eigenvalue weighted by atomic mass is 19.4. The molecule has 0 bridgehead atoms. The summed E-state index contributed by atoms with van der Waals surface area (Å²) in [6.07, 6.45) is 0. The molecule has 1 aliphatic heterocycles. The highest BCUT2D eigenvalue weighted by molar-refractivity contribution is 5.16. The summed E-state index contributed by atoms with van der Waals surface area (Å²) in [6.45, 7) is -4.35. The topological polar surface area (TPSA) is 3.24 Å². The smallest absolute Gasteiger partial charge is 0.287 e. The zero-order valence-electron chi connectivity index (χ0n) is 11.0. The molecule has 1 aromatic carbocycles. The zero-order valence-corrected chi connectivity index (χ0v) is 11.0. The third-order valence-electron chi connectivity index (χ3n) is 3.41. The SMILES string of the molecule is FC1(F)CN(Cc2ccccc2)CC(F)(F)C(F)(F)C1(F)F. The fourth-order valence-electron chi connectivity index (χ4n) is 2.23. The minimum atomic E-state index is -6.14. The van der Waals surface area contributed by atoms with Gasteiger partial charge >= 0.3 is 23.7 Å². The lowest BCUT2D eigenvalue weighted by molar-refractivity contribution is -0.353. The molecule has 0 N–H and O–H groups in total. The van der Waals surface area contributed by atoms with Gasteiger partial charge in [-0.15, -0.1) is 0 Å². The van der Waals surface area contributed by atoms with Gasteiger partial charge in [0.25, 0.3) is 0 Å². The van der Waals surface area contributed by atoms with E-state index in [1.165, 1.54) is 24.3 Å². The van der Waals surface area contributed by atoms with E-state index in [1.54, 1.807) is 6.07 Å². The van der Waals surface area contributed by atoms with Crippen LogP contribution < -0.4 is 0 Å². The molecule has 22 heavy (non-hydrogen) atoms. The summed E-state index contributed by atoms with van der Waals surface area (Å²) in [7, 11) is 0. The monoisotopic (exact) mass is 333 g/mol. The lowest BCUT2D eigenvalue weighted by Gasteiger charge is -2.33. The van der Waals surface area contributed by atoms with Crippen LogP contribution in [-0.2, 0) is 6.54 Å². The van der Waals surface area contributed by atoms with Crippen LogP contribution in [0.2, 0.25) is 0 Å². The third kappa shape index (κ3) is 2.55. The van der Waals surface area contributed by atoms with Gasteiger partial charge in [-0.05, 0) is 5.56 Å². The Morgan fingerprint density at radius 2 is 1.14 bits per heavy atom. The molecule has 1 saturated heterocycles. The van der Waals surface area contributed by atoms with Crippen LogP contribution in [-0.4, -0.2) is 41.7 Å².